The molecular formula is C20H24FN5O. The molecule has 27 heavy (non-hydrogen) atoms. The first-order valence-electron chi connectivity index (χ1n) is 9.15. The molecule has 0 unspecified atom stereocenters. The number of alkyl halides is 1. The second kappa shape index (κ2) is 8.31. The van der Waals surface area contributed by atoms with Gasteiger partial charge in [-0.15, -0.1) is 10.2 Å². The first-order chi connectivity index (χ1) is 13.0. The van der Waals surface area contributed by atoms with E-state index in [2.05, 4.69) is 15.5 Å². The third-order valence-electron chi connectivity index (χ3n) is 5.30. The van der Waals surface area contributed by atoms with E-state index in [0.29, 0.717) is 41.5 Å². The Balaban J connectivity index is 1.81. The summed E-state index contributed by atoms with van der Waals surface area (Å²) in [6, 6.07) is 10.2. The molecule has 2 N–H and O–H groups in total. The zero-order chi connectivity index (χ0) is 19.4. The van der Waals surface area contributed by atoms with E-state index in [1.807, 2.05) is 25.1 Å². The first kappa shape index (κ1) is 19.1. The summed E-state index contributed by atoms with van der Waals surface area (Å²) in [4.78, 5) is 1.86. The maximum Gasteiger partial charge on any atom is 0.151 e. The molecule has 0 amide bonds. The predicted octanol–water partition coefficient (Wildman–Crippen LogP) is 3.03. The highest BCUT2D eigenvalue weighted by Gasteiger charge is 2.31. The number of nitrogens with one attached hydrogen (secondary N) is 1. The molecule has 3 atom stereocenters. The van der Waals surface area contributed by atoms with Crippen LogP contribution in [0.1, 0.15) is 31.2 Å². The van der Waals surface area contributed by atoms with Gasteiger partial charge < -0.3 is 15.3 Å². The number of hydrogen-bond donors (Lipinski definition) is 2. The Labute approximate surface area is 158 Å². The number of aromatic nitrogens is 2. The fourth-order valence-corrected chi connectivity index (χ4v) is 3.62. The normalized spacial score (nSPS) is 22.7. The number of nitriles is 1. The van der Waals surface area contributed by atoms with E-state index in [1.54, 1.807) is 24.3 Å². The van der Waals surface area contributed by atoms with Crippen LogP contribution in [0.25, 0.3) is 11.3 Å². The lowest BCUT2D eigenvalue weighted by molar-refractivity contribution is 0.257. The maximum absolute atomic E-state index is 14.6. The van der Waals surface area contributed by atoms with Crippen LogP contribution in [-0.2, 0) is 0 Å². The third kappa shape index (κ3) is 4.17. The van der Waals surface area contributed by atoms with Crippen molar-refractivity contribution in [2.24, 2.45) is 0 Å². The number of hydrogen-bond acceptors (Lipinski definition) is 6. The average molecular weight is 369 g/mol. The van der Waals surface area contributed by atoms with Gasteiger partial charge in [-0.25, -0.2) is 4.39 Å². The fourth-order valence-electron chi connectivity index (χ4n) is 3.62. The van der Waals surface area contributed by atoms with E-state index in [-0.39, 0.29) is 11.8 Å². The van der Waals surface area contributed by atoms with Crippen LogP contribution >= 0.6 is 0 Å². The molecule has 0 aliphatic heterocycles. The van der Waals surface area contributed by atoms with Crippen LogP contribution in [0.15, 0.2) is 30.3 Å². The molecule has 2 aromatic rings. The summed E-state index contributed by atoms with van der Waals surface area (Å²) in [5, 5.41) is 30.7. The summed E-state index contributed by atoms with van der Waals surface area (Å²) >= 11 is 0. The van der Waals surface area contributed by atoms with Gasteiger partial charge in [0.2, 0.25) is 0 Å². The molecular weight excluding hydrogens is 345 g/mol. The summed E-state index contributed by atoms with van der Waals surface area (Å²) in [7, 11) is 3.76. The van der Waals surface area contributed by atoms with E-state index in [1.165, 1.54) is 6.07 Å². The van der Waals surface area contributed by atoms with Gasteiger partial charge >= 0.3 is 0 Å². The maximum atomic E-state index is 14.6. The van der Waals surface area contributed by atoms with Gasteiger partial charge in [0, 0.05) is 18.7 Å². The SMILES string of the molecule is CN[C@H]1CCC[C@@H](F)[C@@H](N(C)c2ccc(-c3ccc(C#N)cc3O)nn2)C1. The molecule has 0 saturated heterocycles. The Morgan fingerprint density at radius 1 is 1.26 bits per heavy atom. The van der Waals surface area contributed by atoms with Crippen LogP contribution in [0.4, 0.5) is 10.2 Å². The summed E-state index contributed by atoms with van der Waals surface area (Å²) in [6.45, 7) is 0. The van der Waals surface area contributed by atoms with Crippen molar-refractivity contribution in [1.29, 1.82) is 5.26 Å². The molecule has 1 fully saturated rings. The standard InChI is InChI=1S/C20H24FN5O/c1-23-14-4-3-5-16(21)18(11-14)26(2)20-9-8-17(24-25-20)15-7-6-13(12-22)10-19(15)27/h6-10,14,16,18,23,27H,3-5,11H2,1-2H3/t14-,16+,18-/m0/s1. The number of rotatable bonds is 4. The monoisotopic (exact) mass is 369 g/mol. The molecule has 0 bridgehead atoms. The molecule has 1 heterocycles. The molecule has 0 spiro atoms. The topological polar surface area (TPSA) is 85.1 Å². The molecule has 1 aromatic heterocycles. The van der Waals surface area contributed by atoms with Gasteiger partial charge in [0.25, 0.3) is 0 Å². The average Bonchev–Trinajstić information content (AvgIpc) is 2.88. The van der Waals surface area contributed by atoms with Gasteiger partial charge in [0.1, 0.15) is 11.9 Å². The molecule has 3 rings (SSSR count). The van der Waals surface area contributed by atoms with Crippen molar-refractivity contribution >= 4 is 5.82 Å². The largest absolute Gasteiger partial charge is 0.507 e. The van der Waals surface area contributed by atoms with Crippen molar-refractivity contribution in [2.45, 2.75) is 43.9 Å². The second-order valence-corrected chi connectivity index (χ2v) is 6.97. The van der Waals surface area contributed by atoms with Gasteiger partial charge in [-0.3, -0.25) is 0 Å². The third-order valence-corrected chi connectivity index (χ3v) is 5.30. The van der Waals surface area contributed by atoms with Crippen LogP contribution < -0.4 is 10.2 Å². The second-order valence-electron chi connectivity index (χ2n) is 6.97. The van der Waals surface area contributed by atoms with Crippen molar-refractivity contribution < 1.29 is 9.50 Å². The molecule has 6 nitrogen and oxygen atoms in total. The number of halogens is 1. The van der Waals surface area contributed by atoms with Crippen molar-refractivity contribution in [3.05, 3.63) is 35.9 Å². The zero-order valence-corrected chi connectivity index (χ0v) is 15.6. The quantitative estimate of drug-likeness (QED) is 0.806. The number of benzene rings is 1. The van der Waals surface area contributed by atoms with Crippen LogP contribution in [0, 0.1) is 11.3 Å². The lowest BCUT2D eigenvalue weighted by Gasteiger charge is -2.31. The van der Waals surface area contributed by atoms with Crippen molar-refractivity contribution in [3.63, 3.8) is 0 Å². The molecule has 1 aliphatic carbocycles. The van der Waals surface area contributed by atoms with Gasteiger partial charge in [-0.1, -0.05) is 0 Å². The summed E-state index contributed by atoms with van der Waals surface area (Å²) < 4.78 is 14.6. The highest BCUT2D eigenvalue weighted by Crippen LogP contribution is 2.30. The van der Waals surface area contributed by atoms with Crippen LogP contribution in [0.5, 0.6) is 5.75 Å². The molecule has 1 aromatic carbocycles. The summed E-state index contributed by atoms with van der Waals surface area (Å²) in [5.41, 5.74) is 1.38. The zero-order valence-electron chi connectivity index (χ0n) is 15.6. The Bertz CT molecular complexity index is 820. The van der Waals surface area contributed by atoms with Crippen molar-refractivity contribution in [2.75, 3.05) is 19.0 Å². The van der Waals surface area contributed by atoms with Crippen LogP contribution in [0.2, 0.25) is 0 Å². The van der Waals surface area contributed by atoms with E-state index in [9.17, 15) is 9.50 Å². The van der Waals surface area contributed by atoms with Gasteiger partial charge in [-0.05, 0) is 63.1 Å². The lowest BCUT2D eigenvalue weighted by atomic mass is 10.0. The highest BCUT2D eigenvalue weighted by molar-refractivity contribution is 5.68. The fraction of sp³-hybridized carbons (Fsp3) is 0.450. The summed E-state index contributed by atoms with van der Waals surface area (Å²) in [5.74, 6) is 0.574. The molecule has 0 radical (unpaired) electrons. The first-order valence-corrected chi connectivity index (χ1v) is 9.15. The lowest BCUT2D eigenvalue weighted by Crippen LogP contribution is -2.43. The van der Waals surface area contributed by atoms with E-state index < -0.39 is 6.17 Å². The molecule has 142 valence electrons. The smallest absolute Gasteiger partial charge is 0.151 e. The van der Waals surface area contributed by atoms with Gasteiger partial charge in [-0.2, -0.15) is 5.26 Å². The summed E-state index contributed by atoms with van der Waals surface area (Å²) in [6.07, 6.45) is 2.22. The highest BCUT2D eigenvalue weighted by atomic mass is 19.1. The van der Waals surface area contributed by atoms with Gasteiger partial charge in [0.15, 0.2) is 5.82 Å². The number of aromatic hydroxyl groups is 1. The van der Waals surface area contributed by atoms with Crippen molar-refractivity contribution in [3.8, 4) is 23.1 Å². The van der Waals surface area contributed by atoms with Crippen LogP contribution in [-0.4, -0.2) is 47.7 Å². The molecule has 7 heteroatoms. The number of phenols is 1. The Kier molecular flexibility index (Phi) is 5.87. The number of nitrogens with zero attached hydrogens (tertiary/aromatic N) is 4. The van der Waals surface area contributed by atoms with Crippen LogP contribution in [0.3, 0.4) is 0 Å². The molecule has 1 saturated carbocycles. The number of phenolic OH excluding ortho intramolecular Hbond substituents is 1. The Hall–Kier alpha value is -2.72. The van der Waals surface area contributed by atoms with E-state index in [4.69, 9.17) is 5.26 Å². The minimum Gasteiger partial charge on any atom is -0.507 e. The van der Waals surface area contributed by atoms with Crippen molar-refractivity contribution in [1.82, 2.24) is 15.5 Å². The Morgan fingerprint density at radius 2 is 2.07 bits per heavy atom. The Morgan fingerprint density at radius 3 is 2.70 bits per heavy atom. The number of anilines is 1. The predicted molar refractivity (Wildman–Crippen MR) is 102 cm³/mol. The van der Waals surface area contributed by atoms with E-state index in [0.717, 1.165) is 12.8 Å². The molecule has 1 aliphatic rings. The van der Waals surface area contributed by atoms with Gasteiger partial charge in [0.05, 0.1) is 23.4 Å². The minimum atomic E-state index is -0.905. The van der Waals surface area contributed by atoms with E-state index >= 15 is 0 Å². The minimum absolute atomic E-state index is 0.0195.